The molecule has 5 nitrogen and oxygen atoms in total. The molecule has 2 aliphatic rings. The molecule has 0 saturated heterocycles. The van der Waals surface area contributed by atoms with Gasteiger partial charge in [0.25, 0.3) is 5.91 Å². The second-order valence-corrected chi connectivity index (χ2v) is 8.98. The molecule has 8 heteroatoms. The van der Waals surface area contributed by atoms with Gasteiger partial charge < -0.3 is 5.32 Å². The Bertz CT molecular complexity index is 1160. The molecule has 1 amide bonds. The molecular formula is C25H25F3N4O. The van der Waals surface area contributed by atoms with Gasteiger partial charge in [0.1, 0.15) is 5.82 Å². The molecular weight excluding hydrogens is 429 g/mol. The summed E-state index contributed by atoms with van der Waals surface area (Å²) in [5, 5.41) is 7.24. The Morgan fingerprint density at radius 1 is 1.06 bits per heavy atom. The quantitative estimate of drug-likeness (QED) is 0.488. The zero-order chi connectivity index (χ0) is 23.0. The molecule has 3 aromatic rings. The predicted octanol–water partition coefficient (Wildman–Crippen LogP) is 6.35. The van der Waals surface area contributed by atoms with E-state index in [0.717, 1.165) is 19.3 Å². The molecule has 2 fully saturated rings. The SMILES string of the molecule is O=C(Nc1c(-c2ccccc2F)ccnc1C1CCC(F)(F)CC1)c1cnn(C2CCC2)c1. The van der Waals surface area contributed by atoms with Crippen LogP contribution in [0.15, 0.2) is 48.9 Å². The second kappa shape index (κ2) is 8.65. The molecule has 2 aliphatic carbocycles. The molecule has 33 heavy (non-hydrogen) atoms. The summed E-state index contributed by atoms with van der Waals surface area (Å²) in [5.74, 6) is -3.74. The highest BCUT2D eigenvalue weighted by atomic mass is 19.3. The number of nitrogens with one attached hydrogen (secondary N) is 1. The van der Waals surface area contributed by atoms with Gasteiger partial charge in [0.15, 0.2) is 0 Å². The summed E-state index contributed by atoms with van der Waals surface area (Å²) in [4.78, 5) is 17.6. The van der Waals surface area contributed by atoms with Crippen molar-refractivity contribution in [2.45, 2.75) is 62.8 Å². The minimum absolute atomic E-state index is 0.231. The molecule has 5 rings (SSSR count). The lowest BCUT2D eigenvalue weighted by molar-refractivity contribution is -0.0384. The molecule has 0 radical (unpaired) electrons. The van der Waals surface area contributed by atoms with Crippen molar-refractivity contribution in [2.75, 3.05) is 5.32 Å². The maximum atomic E-state index is 14.7. The monoisotopic (exact) mass is 454 g/mol. The van der Waals surface area contributed by atoms with Crippen LogP contribution in [0.4, 0.5) is 18.9 Å². The average molecular weight is 454 g/mol. The highest BCUT2D eigenvalue weighted by Gasteiger charge is 2.37. The van der Waals surface area contributed by atoms with E-state index < -0.39 is 11.7 Å². The zero-order valence-corrected chi connectivity index (χ0v) is 18.1. The van der Waals surface area contributed by atoms with Gasteiger partial charge in [0.05, 0.1) is 29.2 Å². The van der Waals surface area contributed by atoms with Crippen LogP contribution < -0.4 is 5.32 Å². The fourth-order valence-electron chi connectivity index (χ4n) is 4.63. The van der Waals surface area contributed by atoms with Gasteiger partial charge in [-0.25, -0.2) is 13.2 Å². The van der Waals surface area contributed by atoms with E-state index in [4.69, 9.17) is 0 Å². The molecule has 1 aromatic carbocycles. The third kappa shape index (κ3) is 4.38. The zero-order valence-electron chi connectivity index (χ0n) is 18.1. The Morgan fingerprint density at radius 3 is 2.52 bits per heavy atom. The summed E-state index contributed by atoms with van der Waals surface area (Å²) in [6, 6.07) is 8.26. The van der Waals surface area contributed by atoms with Crippen molar-refractivity contribution in [3.63, 3.8) is 0 Å². The standard InChI is InChI=1S/C25H25F3N4O/c26-21-7-2-1-6-19(21)20-10-13-29-22(16-8-11-25(27,28)12-9-16)23(20)31-24(33)17-14-30-32(15-17)18-4-3-5-18/h1-2,6-7,10,13-16,18H,3-5,8-9,11-12H2,(H,31,33). The molecule has 0 bridgehead atoms. The molecule has 0 unspecified atom stereocenters. The Kier molecular flexibility index (Phi) is 5.68. The number of anilines is 1. The lowest BCUT2D eigenvalue weighted by Crippen LogP contribution is -2.25. The molecule has 0 atom stereocenters. The van der Waals surface area contributed by atoms with Gasteiger partial charge in [0, 0.05) is 42.3 Å². The van der Waals surface area contributed by atoms with Crippen LogP contribution in [0.2, 0.25) is 0 Å². The molecule has 172 valence electrons. The third-order valence-corrected chi connectivity index (χ3v) is 6.80. The van der Waals surface area contributed by atoms with Gasteiger partial charge in [-0.2, -0.15) is 5.10 Å². The summed E-state index contributed by atoms with van der Waals surface area (Å²) < 4.78 is 44.0. The van der Waals surface area contributed by atoms with Crippen LogP contribution in [0.3, 0.4) is 0 Å². The van der Waals surface area contributed by atoms with E-state index in [2.05, 4.69) is 15.4 Å². The smallest absolute Gasteiger partial charge is 0.258 e. The Morgan fingerprint density at radius 2 is 1.82 bits per heavy atom. The van der Waals surface area contributed by atoms with E-state index in [1.807, 2.05) is 4.68 Å². The first-order valence-electron chi connectivity index (χ1n) is 11.4. The van der Waals surface area contributed by atoms with E-state index in [0.29, 0.717) is 34.1 Å². The van der Waals surface area contributed by atoms with Crippen LogP contribution in [0.25, 0.3) is 11.1 Å². The Balaban J connectivity index is 1.51. The number of halogens is 3. The number of hydrogen-bond acceptors (Lipinski definition) is 3. The summed E-state index contributed by atoms with van der Waals surface area (Å²) >= 11 is 0. The van der Waals surface area contributed by atoms with Crippen LogP contribution in [0.1, 0.15) is 73.0 Å². The topological polar surface area (TPSA) is 59.8 Å². The van der Waals surface area contributed by atoms with Gasteiger partial charge in [-0.15, -0.1) is 0 Å². The number of benzene rings is 1. The first kappa shape index (κ1) is 21.7. The number of carbonyl (C=O) groups excluding carboxylic acids is 1. The summed E-state index contributed by atoms with van der Waals surface area (Å²) in [6.07, 6.45) is 8.07. The molecule has 2 saturated carbocycles. The molecule has 2 heterocycles. The normalized spacial score (nSPS) is 18.6. The van der Waals surface area contributed by atoms with E-state index >= 15 is 0 Å². The van der Waals surface area contributed by atoms with Crippen molar-refractivity contribution in [1.82, 2.24) is 14.8 Å². The number of alkyl halides is 2. The van der Waals surface area contributed by atoms with Gasteiger partial charge in [0.2, 0.25) is 5.92 Å². The van der Waals surface area contributed by atoms with E-state index in [-0.39, 0.29) is 37.5 Å². The van der Waals surface area contributed by atoms with Crippen LogP contribution in [0.5, 0.6) is 0 Å². The first-order chi connectivity index (χ1) is 15.9. The fourth-order valence-corrected chi connectivity index (χ4v) is 4.63. The third-order valence-electron chi connectivity index (χ3n) is 6.80. The molecule has 0 spiro atoms. The lowest BCUT2D eigenvalue weighted by atomic mass is 9.83. The first-order valence-corrected chi connectivity index (χ1v) is 11.4. The fraction of sp³-hybridized carbons (Fsp3) is 0.400. The number of amides is 1. The molecule has 1 N–H and O–H groups in total. The van der Waals surface area contributed by atoms with Crippen molar-refractivity contribution < 1.29 is 18.0 Å². The molecule has 2 aromatic heterocycles. The lowest BCUT2D eigenvalue weighted by Gasteiger charge is -2.29. The van der Waals surface area contributed by atoms with Crippen LogP contribution in [-0.4, -0.2) is 26.6 Å². The van der Waals surface area contributed by atoms with Crippen LogP contribution in [-0.2, 0) is 0 Å². The van der Waals surface area contributed by atoms with Crippen molar-refractivity contribution in [3.05, 3.63) is 66.0 Å². The van der Waals surface area contributed by atoms with Crippen molar-refractivity contribution >= 4 is 11.6 Å². The minimum Gasteiger partial charge on any atom is -0.320 e. The van der Waals surface area contributed by atoms with Gasteiger partial charge >= 0.3 is 0 Å². The summed E-state index contributed by atoms with van der Waals surface area (Å²) in [6.45, 7) is 0. The van der Waals surface area contributed by atoms with Gasteiger partial charge in [-0.3, -0.25) is 14.5 Å². The Labute approximate surface area is 190 Å². The number of pyridine rings is 1. The highest BCUT2D eigenvalue weighted by Crippen LogP contribution is 2.44. The number of aromatic nitrogens is 3. The maximum absolute atomic E-state index is 14.7. The number of nitrogens with zero attached hydrogens (tertiary/aromatic N) is 3. The van der Waals surface area contributed by atoms with Crippen LogP contribution >= 0.6 is 0 Å². The van der Waals surface area contributed by atoms with Crippen LogP contribution in [0, 0.1) is 5.82 Å². The highest BCUT2D eigenvalue weighted by molar-refractivity contribution is 6.06. The largest absolute Gasteiger partial charge is 0.320 e. The second-order valence-electron chi connectivity index (χ2n) is 8.98. The minimum atomic E-state index is -2.68. The van der Waals surface area contributed by atoms with Gasteiger partial charge in [-0.1, -0.05) is 18.2 Å². The number of hydrogen-bond donors (Lipinski definition) is 1. The Hall–Kier alpha value is -3.16. The predicted molar refractivity (Wildman–Crippen MR) is 119 cm³/mol. The van der Waals surface area contributed by atoms with E-state index in [9.17, 15) is 18.0 Å². The van der Waals surface area contributed by atoms with Crippen molar-refractivity contribution in [3.8, 4) is 11.1 Å². The molecule has 0 aliphatic heterocycles. The average Bonchev–Trinajstić information content (AvgIpc) is 3.23. The van der Waals surface area contributed by atoms with Crippen molar-refractivity contribution in [1.29, 1.82) is 0 Å². The summed E-state index contributed by atoms with van der Waals surface area (Å²) in [5.41, 5.74) is 2.09. The maximum Gasteiger partial charge on any atom is 0.258 e. The van der Waals surface area contributed by atoms with E-state index in [1.165, 1.54) is 12.3 Å². The van der Waals surface area contributed by atoms with Crippen molar-refractivity contribution in [2.24, 2.45) is 0 Å². The number of carbonyl (C=O) groups is 1. The summed E-state index contributed by atoms with van der Waals surface area (Å²) in [7, 11) is 0. The number of rotatable bonds is 5. The van der Waals surface area contributed by atoms with E-state index in [1.54, 1.807) is 36.7 Å². The van der Waals surface area contributed by atoms with Gasteiger partial charge in [-0.05, 0) is 44.2 Å².